The Bertz CT molecular complexity index is 2420. The summed E-state index contributed by atoms with van der Waals surface area (Å²) in [7, 11) is 0. The van der Waals surface area contributed by atoms with Crippen molar-refractivity contribution in [2.75, 3.05) is 0 Å². The van der Waals surface area contributed by atoms with Crippen LogP contribution in [0.4, 0.5) is 0 Å². The SMILES string of the molecule is O=C(Oc1c2cccc1Cc1cccc(c1OC(=O)c1ccccc1)Cc1cccc(c1OC(=O)c1ccccc1)Cc1cccc(c1O)C2)c1ccccc1. The molecule has 0 saturated heterocycles. The number of phenols is 1. The van der Waals surface area contributed by atoms with E-state index in [1.165, 1.54) is 0 Å². The highest BCUT2D eigenvalue weighted by molar-refractivity contribution is 5.93. The Balaban J connectivity index is 1.31. The van der Waals surface area contributed by atoms with Gasteiger partial charge in [-0.15, -0.1) is 0 Å². The topological polar surface area (TPSA) is 99.1 Å². The van der Waals surface area contributed by atoms with Crippen LogP contribution in [0.25, 0.3) is 0 Å². The van der Waals surface area contributed by atoms with Gasteiger partial charge >= 0.3 is 17.9 Å². The molecule has 0 radical (unpaired) electrons. The van der Waals surface area contributed by atoms with E-state index in [1.807, 2.05) is 91.0 Å². The lowest BCUT2D eigenvalue weighted by atomic mass is 9.91. The molecule has 0 aromatic heterocycles. The first kappa shape index (κ1) is 35.8. The van der Waals surface area contributed by atoms with E-state index in [0.717, 1.165) is 0 Å². The summed E-state index contributed by atoms with van der Waals surface area (Å²) in [5.74, 6) is -0.395. The predicted molar refractivity (Wildman–Crippen MR) is 213 cm³/mol. The lowest BCUT2D eigenvalue weighted by Gasteiger charge is -2.21. The number of para-hydroxylation sites is 4. The first-order chi connectivity index (χ1) is 27.4. The normalized spacial score (nSPS) is 11.9. The van der Waals surface area contributed by atoms with E-state index >= 15 is 0 Å². The Labute approximate surface area is 324 Å². The van der Waals surface area contributed by atoms with Gasteiger partial charge in [-0.05, 0) is 80.9 Å². The van der Waals surface area contributed by atoms with Gasteiger partial charge in [0.25, 0.3) is 0 Å². The number of aromatic hydroxyl groups is 1. The minimum absolute atomic E-state index is 0.0939. The van der Waals surface area contributed by atoms with Gasteiger partial charge < -0.3 is 19.3 Å². The average molecular weight is 737 g/mol. The average Bonchev–Trinajstić information content (AvgIpc) is 3.23. The lowest BCUT2D eigenvalue weighted by molar-refractivity contribution is 0.0722. The van der Waals surface area contributed by atoms with Crippen LogP contribution in [0.5, 0.6) is 23.0 Å². The number of hydrogen-bond acceptors (Lipinski definition) is 7. The molecule has 7 aromatic rings. The zero-order valence-corrected chi connectivity index (χ0v) is 30.3. The molecular weight excluding hydrogens is 701 g/mol. The molecule has 1 aliphatic carbocycles. The number of ether oxygens (including phenoxy) is 3. The third-order valence-electron chi connectivity index (χ3n) is 9.87. The quantitative estimate of drug-likeness (QED) is 0.134. The Kier molecular flexibility index (Phi) is 10.2. The van der Waals surface area contributed by atoms with Gasteiger partial charge in [0.15, 0.2) is 0 Å². The number of rotatable bonds is 6. The highest BCUT2D eigenvalue weighted by Crippen LogP contribution is 2.39. The molecule has 7 nitrogen and oxygen atoms in total. The standard InChI is InChI=1S/C49H36O7/c50-43-35-20-10-21-36(43)29-38-23-12-25-40(45(38)55-48(52)33-16-6-2-7-17-33)31-42-27-13-26-41(46(42)56-49(53)34-18-8-3-9-19-34)30-39-24-11-22-37(28-35)44(39)54-47(51)32-14-4-1-5-15-32/h1-27,50H,28-31H2. The largest absolute Gasteiger partial charge is 0.507 e. The Morgan fingerprint density at radius 2 is 0.554 bits per heavy atom. The van der Waals surface area contributed by atoms with E-state index in [0.29, 0.717) is 78.4 Å². The third-order valence-corrected chi connectivity index (χ3v) is 9.87. The number of carbonyl (C=O) groups excluding carboxylic acids is 3. The smallest absolute Gasteiger partial charge is 0.343 e. The van der Waals surface area contributed by atoms with E-state index in [4.69, 9.17) is 14.2 Å². The molecule has 0 heterocycles. The second-order valence-electron chi connectivity index (χ2n) is 13.6. The zero-order chi connectivity index (χ0) is 38.4. The summed E-state index contributed by atoms with van der Waals surface area (Å²) in [6.45, 7) is 0. The van der Waals surface area contributed by atoms with Crippen LogP contribution >= 0.6 is 0 Å². The molecule has 0 amide bonds. The fourth-order valence-electron chi connectivity index (χ4n) is 7.07. The minimum Gasteiger partial charge on any atom is -0.507 e. The predicted octanol–water partition coefficient (Wildman–Crippen LogP) is 9.73. The Hall–Kier alpha value is -7.25. The number of fused-ring (bicyclic) bond motifs is 8. The van der Waals surface area contributed by atoms with Gasteiger partial charge in [0.1, 0.15) is 23.0 Å². The molecular formula is C49H36O7. The van der Waals surface area contributed by atoms with Crippen LogP contribution in [0.2, 0.25) is 0 Å². The first-order valence-corrected chi connectivity index (χ1v) is 18.3. The van der Waals surface area contributed by atoms with Crippen LogP contribution in [0.1, 0.15) is 75.6 Å². The second kappa shape index (κ2) is 16.0. The van der Waals surface area contributed by atoms with Crippen molar-refractivity contribution in [2.24, 2.45) is 0 Å². The molecule has 7 heteroatoms. The van der Waals surface area contributed by atoms with Crippen LogP contribution < -0.4 is 14.2 Å². The summed E-state index contributed by atoms with van der Waals surface area (Å²) in [5.41, 5.74) is 6.52. The molecule has 274 valence electrons. The number of benzene rings is 7. The summed E-state index contributed by atoms with van der Waals surface area (Å²) >= 11 is 0. The van der Waals surface area contributed by atoms with Crippen molar-refractivity contribution < 1.29 is 33.7 Å². The van der Waals surface area contributed by atoms with Crippen molar-refractivity contribution in [3.63, 3.8) is 0 Å². The number of hydrogen-bond donors (Lipinski definition) is 1. The molecule has 0 unspecified atom stereocenters. The molecule has 8 rings (SSSR count). The van der Waals surface area contributed by atoms with Crippen LogP contribution in [0.15, 0.2) is 164 Å². The summed E-state index contributed by atoms with van der Waals surface area (Å²) < 4.78 is 18.8. The van der Waals surface area contributed by atoms with Crippen molar-refractivity contribution in [1.29, 1.82) is 0 Å². The zero-order valence-electron chi connectivity index (χ0n) is 30.3. The van der Waals surface area contributed by atoms with E-state index in [1.54, 1.807) is 72.8 Å². The molecule has 0 fully saturated rings. The van der Waals surface area contributed by atoms with Crippen molar-refractivity contribution in [2.45, 2.75) is 25.7 Å². The molecule has 7 aromatic carbocycles. The highest BCUT2D eigenvalue weighted by atomic mass is 16.5. The van der Waals surface area contributed by atoms with Crippen LogP contribution in [-0.2, 0) is 25.7 Å². The molecule has 0 spiro atoms. The van der Waals surface area contributed by atoms with Crippen molar-refractivity contribution in [3.05, 3.63) is 225 Å². The second-order valence-corrected chi connectivity index (χ2v) is 13.6. The Morgan fingerprint density at radius 1 is 0.321 bits per heavy atom. The van der Waals surface area contributed by atoms with Gasteiger partial charge in [-0.25, -0.2) is 14.4 Å². The Morgan fingerprint density at radius 3 is 0.821 bits per heavy atom. The third kappa shape index (κ3) is 7.70. The fourth-order valence-corrected chi connectivity index (χ4v) is 7.07. The van der Waals surface area contributed by atoms with E-state index in [2.05, 4.69) is 0 Å². The molecule has 56 heavy (non-hydrogen) atoms. The van der Waals surface area contributed by atoms with E-state index < -0.39 is 17.9 Å². The number of carbonyl (C=O) groups is 3. The first-order valence-electron chi connectivity index (χ1n) is 18.3. The van der Waals surface area contributed by atoms with Crippen molar-refractivity contribution in [3.8, 4) is 23.0 Å². The fraction of sp³-hybridized carbons (Fsp3) is 0.0816. The molecule has 0 aliphatic heterocycles. The summed E-state index contributed by atoms with van der Waals surface area (Å²) in [5, 5.41) is 11.8. The summed E-state index contributed by atoms with van der Waals surface area (Å²) in [4.78, 5) is 41.0. The van der Waals surface area contributed by atoms with Gasteiger partial charge in [0.2, 0.25) is 0 Å². The molecule has 8 bridgehead atoms. The van der Waals surface area contributed by atoms with Crippen LogP contribution in [0, 0.1) is 0 Å². The monoisotopic (exact) mass is 736 g/mol. The maximum Gasteiger partial charge on any atom is 0.343 e. The van der Waals surface area contributed by atoms with E-state index in [-0.39, 0.29) is 31.4 Å². The molecule has 1 N–H and O–H groups in total. The van der Waals surface area contributed by atoms with Gasteiger partial charge in [-0.3, -0.25) is 0 Å². The summed E-state index contributed by atoms with van der Waals surface area (Å²) in [6, 6.07) is 48.9. The van der Waals surface area contributed by atoms with Crippen molar-refractivity contribution in [1.82, 2.24) is 0 Å². The van der Waals surface area contributed by atoms with Crippen molar-refractivity contribution >= 4 is 17.9 Å². The van der Waals surface area contributed by atoms with E-state index in [9.17, 15) is 19.5 Å². The minimum atomic E-state index is -0.531. The molecule has 1 aliphatic rings. The highest BCUT2D eigenvalue weighted by Gasteiger charge is 2.24. The maximum atomic E-state index is 13.7. The molecule has 0 atom stereocenters. The van der Waals surface area contributed by atoms with Gasteiger partial charge in [0.05, 0.1) is 16.7 Å². The maximum absolute atomic E-state index is 13.7. The van der Waals surface area contributed by atoms with Crippen LogP contribution in [0.3, 0.4) is 0 Å². The lowest BCUT2D eigenvalue weighted by Crippen LogP contribution is -2.14. The molecule has 0 saturated carbocycles. The number of esters is 3. The van der Waals surface area contributed by atoms with Gasteiger partial charge in [-0.2, -0.15) is 0 Å². The number of phenolic OH excluding ortho intramolecular Hbond substituents is 1. The van der Waals surface area contributed by atoms with Gasteiger partial charge in [-0.1, -0.05) is 127 Å². The summed E-state index contributed by atoms with van der Waals surface area (Å²) in [6.07, 6.45) is 0.962. The van der Waals surface area contributed by atoms with Crippen LogP contribution in [-0.4, -0.2) is 23.0 Å². The van der Waals surface area contributed by atoms with Gasteiger partial charge in [0, 0.05) is 25.7 Å².